The number of hydrogen-bond donors (Lipinski definition) is 0. The zero-order chi connectivity index (χ0) is 21.7. The van der Waals surface area contributed by atoms with Crippen molar-refractivity contribution in [2.24, 2.45) is 5.92 Å². The molecular weight excluding hydrogens is 393 g/mol. The fraction of sp³-hybridized carbons (Fsp3) is 0.952. The molecule has 0 spiro atoms. The van der Waals surface area contributed by atoms with Crippen LogP contribution in [0.2, 0.25) is 0 Å². The van der Waals surface area contributed by atoms with Crippen LogP contribution in [0.5, 0.6) is 0 Å². The molecule has 0 aromatic heterocycles. The second-order valence-corrected chi connectivity index (χ2v) is 10.3. The Labute approximate surface area is 179 Å². The van der Waals surface area contributed by atoms with Crippen LogP contribution in [-0.4, -0.2) is 50.8 Å². The van der Waals surface area contributed by atoms with Crippen LogP contribution in [0, 0.1) is 12.8 Å². The minimum Gasteiger partial charge on any atom is -0.756 e. The average Bonchev–Trinajstić information content (AvgIpc) is 2.60. The zero-order valence-corrected chi connectivity index (χ0v) is 20.8. The summed E-state index contributed by atoms with van der Waals surface area (Å²) >= 11 is 1.88. The smallest absolute Gasteiger partial charge is 0.271 e. The first-order chi connectivity index (χ1) is 13.2. The molecule has 0 aromatic carbocycles. The van der Waals surface area contributed by atoms with Crippen molar-refractivity contribution in [3.8, 4) is 0 Å². The van der Waals surface area contributed by atoms with Crippen LogP contribution in [-0.2, 0) is 13.6 Å². The third-order valence-corrected chi connectivity index (χ3v) is 6.16. The Balaban J connectivity index is 0. The second kappa shape index (κ2) is 22.0. The molecule has 0 saturated heterocycles. The maximum absolute atomic E-state index is 11.2. The standard InChI is InChI=1S/C18H37O4PS.C3H9N/c1-4-6-7-8-9-10-11-12-13-14-15-24-17-18(3)16-22-23(19,20)21-5-2;1-4(2)3/h18H,2,4-17H2,1,3H3;1-3H3. The molecule has 0 aromatic rings. The van der Waals surface area contributed by atoms with Gasteiger partial charge in [0.1, 0.15) is 0 Å². The van der Waals surface area contributed by atoms with Crippen molar-refractivity contribution < 1.29 is 18.5 Å². The molecule has 0 aliphatic rings. The molecule has 28 heavy (non-hydrogen) atoms. The summed E-state index contributed by atoms with van der Waals surface area (Å²) in [6.45, 7) is 7.65. The Hall–Kier alpha value is 0.290. The molecule has 0 heterocycles. The molecule has 0 amide bonds. The van der Waals surface area contributed by atoms with Crippen molar-refractivity contribution in [3.05, 3.63) is 6.92 Å². The monoisotopic (exact) mass is 439 g/mol. The Morgan fingerprint density at radius 3 is 1.89 bits per heavy atom. The van der Waals surface area contributed by atoms with Crippen molar-refractivity contribution in [2.45, 2.75) is 78.1 Å². The fourth-order valence-electron chi connectivity index (χ4n) is 2.39. The van der Waals surface area contributed by atoms with E-state index in [-0.39, 0.29) is 19.1 Å². The first-order valence-corrected chi connectivity index (χ1v) is 13.4. The molecule has 2 atom stereocenters. The second-order valence-electron chi connectivity index (χ2n) is 7.78. The van der Waals surface area contributed by atoms with Crippen LogP contribution < -0.4 is 4.89 Å². The van der Waals surface area contributed by atoms with Crippen molar-refractivity contribution in [3.63, 3.8) is 0 Å². The first kappa shape index (κ1) is 30.5. The van der Waals surface area contributed by atoms with Crippen LogP contribution in [0.3, 0.4) is 0 Å². The van der Waals surface area contributed by atoms with E-state index in [1.165, 1.54) is 64.2 Å². The van der Waals surface area contributed by atoms with Crippen molar-refractivity contribution >= 4 is 19.6 Å². The summed E-state index contributed by atoms with van der Waals surface area (Å²) in [5.41, 5.74) is 0. The summed E-state index contributed by atoms with van der Waals surface area (Å²) < 4.78 is 20.5. The third kappa shape index (κ3) is 28.5. The van der Waals surface area contributed by atoms with Crippen molar-refractivity contribution in [1.82, 2.24) is 4.90 Å². The van der Waals surface area contributed by atoms with Gasteiger partial charge in [-0.1, -0.05) is 71.6 Å². The minimum absolute atomic E-state index is 0.122. The van der Waals surface area contributed by atoms with Crippen molar-refractivity contribution in [1.29, 1.82) is 0 Å². The van der Waals surface area contributed by atoms with E-state index in [4.69, 9.17) is 4.52 Å². The van der Waals surface area contributed by atoms with Gasteiger partial charge >= 0.3 is 0 Å². The van der Waals surface area contributed by atoms with E-state index in [9.17, 15) is 9.46 Å². The molecule has 0 aliphatic heterocycles. The predicted molar refractivity (Wildman–Crippen MR) is 123 cm³/mol. The van der Waals surface area contributed by atoms with Crippen LogP contribution in [0.4, 0.5) is 0 Å². The summed E-state index contributed by atoms with van der Waals surface area (Å²) in [6.07, 6.45) is 13.6. The zero-order valence-electron chi connectivity index (χ0n) is 19.1. The highest BCUT2D eigenvalue weighted by Crippen LogP contribution is 2.38. The van der Waals surface area contributed by atoms with E-state index in [2.05, 4.69) is 18.4 Å². The third-order valence-electron chi connectivity index (χ3n) is 3.81. The lowest BCUT2D eigenvalue weighted by Crippen LogP contribution is -2.14. The number of thioether (sulfide) groups is 1. The van der Waals surface area contributed by atoms with Gasteiger partial charge in [0.05, 0.1) is 13.5 Å². The van der Waals surface area contributed by atoms with Crippen LogP contribution in [0.1, 0.15) is 78.1 Å². The molecular formula is C21H46NO4PS. The normalized spacial score (nSPS) is 14.4. The van der Waals surface area contributed by atoms with Gasteiger partial charge in [-0.15, -0.1) is 0 Å². The average molecular weight is 440 g/mol. The predicted octanol–water partition coefficient (Wildman–Crippen LogP) is 5.79. The topological polar surface area (TPSA) is 61.8 Å². The maximum atomic E-state index is 11.2. The first-order valence-electron chi connectivity index (χ1n) is 10.8. The van der Waals surface area contributed by atoms with Crippen LogP contribution in [0.25, 0.3) is 0 Å². The molecule has 0 fully saturated rings. The SMILES string of the molecule is CN(C)C.[CH2+]COP(=O)([O-])OCC(C)CSCCCCCCCCCCCC. The highest BCUT2D eigenvalue weighted by molar-refractivity contribution is 7.99. The summed E-state index contributed by atoms with van der Waals surface area (Å²) in [6, 6.07) is 0. The van der Waals surface area contributed by atoms with Gasteiger partial charge < -0.3 is 14.3 Å². The molecule has 0 N–H and O–H groups in total. The lowest BCUT2D eigenvalue weighted by Gasteiger charge is -2.22. The van der Waals surface area contributed by atoms with E-state index in [1.54, 1.807) is 0 Å². The van der Waals surface area contributed by atoms with Crippen LogP contribution >= 0.6 is 19.6 Å². The number of hydrogen-bond acceptors (Lipinski definition) is 6. The number of phosphoric ester groups is 1. The van der Waals surface area contributed by atoms with Gasteiger partial charge in [0.2, 0.25) is 0 Å². The molecule has 0 aliphatic carbocycles. The summed E-state index contributed by atoms with van der Waals surface area (Å²) in [5.74, 6) is 2.27. The number of unbranched alkanes of at least 4 members (excludes halogenated alkanes) is 9. The van der Waals surface area contributed by atoms with Gasteiger partial charge in [0, 0.05) is 0 Å². The molecule has 7 heteroatoms. The van der Waals surface area contributed by atoms with E-state index < -0.39 is 7.82 Å². The largest absolute Gasteiger partial charge is 0.756 e. The molecule has 5 nitrogen and oxygen atoms in total. The fourth-order valence-corrected chi connectivity index (χ4v) is 4.20. The molecule has 0 saturated carbocycles. The van der Waals surface area contributed by atoms with Gasteiger partial charge in [-0.25, -0.2) is 0 Å². The summed E-state index contributed by atoms with van der Waals surface area (Å²) in [4.78, 5) is 13.2. The van der Waals surface area contributed by atoms with Gasteiger partial charge in [0.15, 0.2) is 6.61 Å². The molecule has 0 radical (unpaired) electrons. The molecule has 170 valence electrons. The summed E-state index contributed by atoms with van der Waals surface area (Å²) in [5, 5.41) is 0. The number of phosphoric acid groups is 1. The van der Waals surface area contributed by atoms with Gasteiger partial charge in [0.25, 0.3) is 7.82 Å². The Bertz CT molecular complexity index is 357. The maximum Gasteiger partial charge on any atom is 0.271 e. The van der Waals surface area contributed by atoms with Gasteiger partial charge in [-0.2, -0.15) is 11.8 Å². The molecule has 2 unspecified atom stereocenters. The molecule has 0 bridgehead atoms. The number of nitrogens with zero attached hydrogens (tertiary/aromatic N) is 1. The summed E-state index contributed by atoms with van der Waals surface area (Å²) in [7, 11) is 1.86. The van der Waals surface area contributed by atoms with Gasteiger partial charge in [-0.05, 0) is 45.0 Å². The van der Waals surface area contributed by atoms with Crippen LogP contribution in [0.15, 0.2) is 0 Å². The van der Waals surface area contributed by atoms with E-state index in [1.807, 2.05) is 44.7 Å². The highest BCUT2D eigenvalue weighted by atomic mass is 32.2. The van der Waals surface area contributed by atoms with Gasteiger partial charge in [-0.3, -0.25) is 9.09 Å². The quantitative estimate of drug-likeness (QED) is 0.153. The minimum atomic E-state index is -4.14. The lowest BCUT2D eigenvalue weighted by atomic mass is 10.1. The van der Waals surface area contributed by atoms with E-state index >= 15 is 0 Å². The lowest BCUT2D eigenvalue weighted by molar-refractivity contribution is -0.225. The Morgan fingerprint density at radius 1 is 0.964 bits per heavy atom. The van der Waals surface area contributed by atoms with E-state index in [0.717, 1.165) is 11.5 Å². The molecule has 0 rings (SSSR count). The Kier molecular flexibility index (Phi) is 23.9. The Morgan fingerprint density at radius 2 is 1.43 bits per heavy atom. The van der Waals surface area contributed by atoms with Crippen molar-refractivity contribution in [2.75, 3.05) is 45.9 Å². The highest BCUT2D eigenvalue weighted by Gasteiger charge is 2.12. The van der Waals surface area contributed by atoms with E-state index in [0.29, 0.717) is 0 Å². The number of rotatable bonds is 18.